The van der Waals surface area contributed by atoms with Crippen LogP contribution >= 0.6 is 0 Å². The third-order valence-corrected chi connectivity index (χ3v) is 3.18. The van der Waals surface area contributed by atoms with Gasteiger partial charge in [-0.25, -0.2) is 4.98 Å². The molecule has 1 heterocycles. The zero-order valence-corrected chi connectivity index (χ0v) is 8.58. The lowest BCUT2D eigenvalue weighted by atomic mass is 9.99. The molecule has 2 N–H and O–H groups in total. The van der Waals surface area contributed by atoms with E-state index in [1.165, 1.54) is 0 Å². The van der Waals surface area contributed by atoms with E-state index in [-0.39, 0.29) is 11.2 Å². The lowest BCUT2D eigenvalue weighted by Gasteiger charge is -2.10. The van der Waals surface area contributed by atoms with Gasteiger partial charge in [-0.3, -0.25) is 4.79 Å². The van der Waals surface area contributed by atoms with Crippen molar-refractivity contribution in [3.05, 3.63) is 17.7 Å². The second-order valence-electron chi connectivity index (χ2n) is 4.06. The van der Waals surface area contributed by atoms with Crippen LogP contribution in [-0.2, 0) is 7.05 Å². The molecule has 0 atom stereocenters. The predicted octanol–water partition coefficient (Wildman–Crippen LogP) is 0.650. The van der Waals surface area contributed by atoms with E-state index in [9.17, 15) is 4.79 Å². The first-order valence-electron chi connectivity index (χ1n) is 4.84. The van der Waals surface area contributed by atoms with Gasteiger partial charge in [-0.2, -0.15) is 0 Å². The maximum absolute atomic E-state index is 12.1. The van der Waals surface area contributed by atoms with E-state index >= 15 is 0 Å². The molecule has 1 aromatic heterocycles. The van der Waals surface area contributed by atoms with Crippen molar-refractivity contribution in [3.8, 4) is 0 Å². The van der Waals surface area contributed by atoms with Crippen LogP contribution in [0.2, 0.25) is 0 Å². The van der Waals surface area contributed by atoms with Gasteiger partial charge in [0.05, 0.1) is 6.20 Å². The number of hydrogen-bond acceptors (Lipinski definition) is 3. The third-order valence-electron chi connectivity index (χ3n) is 3.18. The fourth-order valence-corrected chi connectivity index (χ4v) is 1.66. The molecule has 76 valence electrons. The highest BCUT2D eigenvalue weighted by atomic mass is 16.1. The molecule has 0 unspecified atom stereocenters. The highest BCUT2D eigenvalue weighted by Crippen LogP contribution is 2.47. The van der Waals surface area contributed by atoms with Crippen LogP contribution in [0.25, 0.3) is 0 Å². The summed E-state index contributed by atoms with van der Waals surface area (Å²) in [5, 5.41) is 0. The molecule has 0 spiro atoms. The fourth-order valence-electron chi connectivity index (χ4n) is 1.66. The molecule has 4 heteroatoms. The van der Waals surface area contributed by atoms with Crippen LogP contribution in [0.1, 0.15) is 29.2 Å². The summed E-state index contributed by atoms with van der Waals surface area (Å²) in [6.45, 7) is 2.34. The predicted molar refractivity (Wildman–Crippen MR) is 53.0 cm³/mol. The van der Waals surface area contributed by atoms with E-state index in [1.54, 1.807) is 6.20 Å². The summed E-state index contributed by atoms with van der Waals surface area (Å²) in [7, 11) is 1.86. The van der Waals surface area contributed by atoms with E-state index in [2.05, 4.69) is 4.98 Å². The van der Waals surface area contributed by atoms with Crippen LogP contribution in [0.4, 0.5) is 0 Å². The number of ketones is 1. The van der Waals surface area contributed by atoms with E-state index in [4.69, 9.17) is 5.73 Å². The highest BCUT2D eigenvalue weighted by molar-refractivity contribution is 6.01. The average Bonchev–Trinajstić information content (AvgIpc) is 2.91. The Kier molecular flexibility index (Phi) is 1.96. The topological polar surface area (TPSA) is 60.9 Å². The van der Waals surface area contributed by atoms with Gasteiger partial charge in [0.1, 0.15) is 11.5 Å². The number of rotatable bonds is 3. The quantitative estimate of drug-likeness (QED) is 0.717. The summed E-state index contributed by atoms with van der Waals surface area (Å²) < 4.78 is 1.83. The zero-order valence-electron chi connectivity index (χ0n) is 8.58. The fraction of sp³-hybridized carbons (Fsp3) is 0.600. The van der Waals surface area contributed by atoms with Crippen molar-refractivity contribution < 1.29 is 4.79 Å². The zero-order chi connectivity index (χ0) is 10.3. The molecule has 0 saturated heterocycles. The number of nitrogens with zero attached hydrogens (tertiary/aromatic N) is 2. The van der Waals surface area contributed by atoms with Gasteiger partial charge in [-0.1, -0.05) is 0 Å². The van der Waals surface area contributed by atoms with Gasteiger partial charge in [-0.05, 0) is 19.8 Å². The summed E-state index contributed by atoms with van der Waals surface area (Å²) in [4.78, 5) is 16.2. The van der Waals surface area contributed by atoms with Gasteiger partial charge in [0.2, 0.25) is 0 Å². The van der Waals surface area contributed by atoms with Crippen LogP contribution in [0, 0.1) is 12.3 Å². The number of imidazole rings is 1. The van der Waals surface area contributed by atoms with E-state index in [0.29, 0.717) is 12.2 Å². The molecule has 1 aromatic rings. The minimum absolute atomic E-state index is 0.156. The van der Waals surface area contributed by atoms with Crippen molar-refractivity contribution in [3.63, 3.8) is 0 Å². The molecular formula is C10H15N3O. The third kappa shape index (κ3) is 1.18. The number of Topliss-reactive ketones (excluding diaryl/α,β-unsaturated/α-hetero) is 1. The van der Waals surface area contributed by atoms with E-state index in [1.807, 2.05) is 18.5 Å². The van der Waals surface area contributed by atoms with Crippen molar-refractivity contribution in [2.24, 2.45) is 18.2 Å². The Balaban J connectivity index is 2.32. The van der Waals surface area contributed by atoms with Crippen LogP contribution in [-0.4, -0.2) is 21.9 Å². The molecule has 0 bridgehead atoms. The Labute approximate surface area is 83.1 Å². The number of aromatic nitrogens is 2. The molecule has 0 aliphatic heterocycles. The largest absolute Gasteiger partial charge is 0.329 e. The summed E-state index contributed by atoms with van der Waals surface area (Å²) in [5.41, 5.74) is 6.04. The Hall–Kier alpha value is -1.16. The molecule has 14 heavy (non-hydrogen) atoms. The standard InChI is InChI=1S/C10H15N3O/c1-7-12-5-8(13(7)2)9(14)10(6-11)3-4-10/h5H,3-4,6,11H2,1-2H3. The number of nitrogens with two attached hydrogens (primary N) is 1. The normalized spacial score (nSPS) is 18.2. The van der Waals surface area contributed by atoms with Gasteiger partial charge in [0.15, 0.2) is 5.78 Å². The van der Waals surface area contributed by atoms with E-state index in [0.717, 1.165) is 18.7 Å². The summed E-state index contributed by atoms with van der Waals surface area (Å²) in [5.74, 6) is 1.02. The maximum Gasteiger partial charge on any atom is 0.188 e. The molecular weight excluding hydrogens is 178 g/mol. The van der Waals surface area contributed by atoms with Crippen molar-refractivity contribution in [1.29, 1.82) is 0 Å². The summed E-state index contributed by atoms with van der Waals surface area (Å²) in [6, 6.07) is 0. The Bertz CT molecular complexity index is 377. The first-order chi connectivity index (χ1) is 6.60. The van der Waals surface area contributed by atoms with Gasteiger partial charge >= 0.3 is 0 Å². The molecule has 1 aliphatic rings. The smallest absolute Gasteiger partial charge is 0.188 e. The van der Waals surface area contributed by atoms with Crippen LogP contribution in [0.5, 0.6) is 0 Å². The lowest BCUT2D eigenvalue weighted by molar-refractivity contribution is 0.0897. The summed E-state index contributed by atoms with van der Waals surface area (Å²) in [6.07, 6.45) is 3.49. The van der Waals surface area contributed by atoms with Crippen molar-refractivity contribution in [2.45, 2.75) is 19.8 Å². The highest BCUT2D eigenvalue weighted by Gasteiger charge is 2.49. The Morgan fingerprint density at radius 2 is 2.36 bits per heavy atom. The monoisotopic (exact) mass is 193 g/mol. The molecule has 0 radical (unpaired) electrons. The minimum Gasteiger partial charge on any atom is -0.329 e. The first-order valence-corrected chi connectivity index (χ1v) is 4.84. The average molecular weight is 193 g/mol. The van der Waals surface area contributed by atoms with Gasteiger partial charge in [0, 0.05) is 19.0 Å². The number of aryl methyl sites for hydroxylation is 1. The molecule has 2 rings (SSSR count). The van der Waals surface area contributed by atoms with Crippen LogP contribution in [0.15, 0.2) is 6.20 Å². The SMILES string of the molecule is Cc1ncc(C(=O)C2(CN)CC2)n1C. The summed E-state index contributed by atoms with van der Waals surface area (Å²) >= 11 is 0. The van der Waals surface area contributed by atoms with Crippen LogP contribution < -0.4 is 5.73 Å². The Morgan fingerprint density at radius 1 is 1.71 bits per heavy atom. The molecule has 0 aromatic carbocycles. The second kappa shape index (κ2) is 2.92. The lowest BCUT2D eigenvalue weighted by Crippen LogP contribution is -2.27. The molecule has 4 nitrogen and oxygen atoms in total. The van der Waals surface area contributed by atoms with Crippen molar-refractivity contribution in [1.82, 2.24) is 9.55 Å². The first kappa shape index (κ1) is 9.40. The molecule has 1 saturated carbocycles. The van der Waals surface area contributed by atoms with E-state index < -0.39 is 0 Å². The number of carbonyl (C=O) groups excluding carboxylic acids is 1. The van der Waals surface area contributed by atoms with Crippen molar-refractivity contribution >= 4 is 5.78 Å². The van der Waals surface area contributed by atoms with Gasteiger partial charge in [0.25, 0.3) is 0 Å². The van der Waals surface area contributed by atoms with Gasteiger partial charge in [-0.15, -0.1) is 0 Å². The Morgan fingerprint density at radius 3 is 2.71 bits per heavy atom. The maximum atomic E-state index is 12.1. The molecule has 1 aliphatic carbocycles. The number of hydrogen-bond donors (Lipinski definition) is 1. The number of carbonyl (C=O) groups is 1. The van der Waals surface area contributed by atoms with Crippen LogP contribution in [0.3, 0.4) is 0 Å². The molecule has 1 fully saturated rings. The minimum atomic E-state index is -0.264. The second-order valence-corrected chi connectivity index (χ2v) is 4.06. The van der Waals surface area contributed by atoms with Gasteiger partial charge < -0.3 is 10.3 Å². The molecule has 0 amide bonds. The van der Waals surface area contributed by atoms with Crippen molar-refractivity contribution in [2.75, 3.05) is 6.54 Å².